The van der Waals surface area contributed by atoms with Gasteiger partial charge < -0.3 is 26.2 Å². The van der Waals surface area contributed by atoms with Crippen molar-refractivity contribution in [1.82, 2.24) is 0 Å². The van der Waals surface area contributed by atoms with Gasteiger partial charge in [-0.15, -0.1) is 0 Å². The summed E-state index contributed by atoms with van der Waals surface area (Å²) in [6.07, 6.45) is 7.13. The van der Waals surface area contributed by atoms with Gasteiger partial charge in [-0.05, 0) is 54.0 Å². The second kappa shape index (κ2) is 11.1. The Balaban J connectivity index is 2.35. The molecule has 0 bridgehead atoms. The van der Waals surface area contributed by atoms with Crippen molar-refractivity contribution in [3.63, 3.8) is 0 Å². The van der Waals surface area contributed by atoms with Crippen molar-refractivity contribution >= 4 is 23.2 Å². The highest BCUT2D eigenvalue weighted by Gasteiger charge is 2.61. The van der Waals surface area contributed by atoms with E-state index in [4.69, 9.17) is 16.2 Å². The molecule has 0 aromatic heterocycles. The Morgan fingerprint density at radius 1 is 1.05 bits per heavy atom. The van der Waals surface area contributed by atoms with Crippen LogP contribution in [-0.4, -0.2) is 61.9 Å². The molecule has 37 heavy (non-hydrogen) atoms. The monoisotopic (exact) mass is 514 g/mol. The van der Waals surface area contributed by atoms with E-state index in [0.29, 0.717) is 11.3 Å². The largest absolute Gasteiger partial charge is 0.378 e. The molecule has 0 spiro atoms. The van der Waals surface area contributed by atoms with Gasteiger partial charge in [0, 0.05) is 39.0 Å². The van der Waals surface area contributed by atoms with Crippen LogP contribution in [0.5, 0.6) is 0 Å². The zero-order valence-electron chi connectivity index (χ0n) is 23.4. The summed E-state index contributed by atoms with van der Waals surface area (Å²) < 4.78 is 6.16. The maximum absolute atomic E-state index is 13.4. The number of carbonyl (C=O) groups is 2. The Hall–Kier alpha value is -2.42. The van der Waals surface area contributed by atoms with Crippen molar-refractivity contribution in [2.45, 2.75) is 83.0 Å². The average Bonchev–Trinajstić information content (AvgIpc) is 3.13. The number of amides is 2. The lowest BCUT2D eigenvalue weighted by molar-refractivity contribution is -0.139. The second-order valence-corrected chi connectivity index (χ2v) is 11.9. The number of hydrogen-bond acceptors (Lipinski definition) is 6. The lowest BCUT2D eigenvalue weighted by atomic mass is 9.58. The Kier molecular flexibility index (Phi) is 8.77. The third-order valence-electron chi connectivity index (χ3n) is 8.33. The first kappa shape index (κ1) is 29.1. The summed E-state index contributed by atoms with van der Waals surface area (Å²) in [4.78, 5) is 30.4. The lowest BCUT2D eigenvalue weighted by Crippen LogP contribution is -2.71. The molecule has 2 aliphatic rings. The van der Waals surface area contributed by atoms with Crippen LogP contribution >= 0.6 is 0 Å². The number of carbonyl (C=O) groups excluding carboxylic acids is 2. The molecule has 1 saturated carbocycles. The van der Waals surface area contributed by atoms with Crippen molar-refractivity contribution in [3.05, 3.63) is 35.9 Å². The summed E-state index contributed by atoms with van der Waals surface area (Å²) in [6, 6.07) is 6.98. The molecule has 5 N–H and O–H groups in total. The Bertz CT molecular complexity index is 992. The van der Waals surface area contributed by atoms with Gasteiger partial charge in [-0.3, -0.25) is 9.69 Å². The molecule has 2 amide bonds. The SMILES string of the molecule is COC1C=C(C(C)(C)C)C(O)(C(=O)CN)CC1(C1CCCCCC1)N(C(N)=O)c1ccc(N(C)C)cc1. The molecule has 0 aliphatic heterocycles. The molecule has 2 aliphatic carbocycles. The number of hydrogen-bond donors (Lipinski definition) is 3. The van der Waals surface area contributed by atoms with E-state index in [1.54, 1.807) is 12.0 Å². The van der Waals surface area contributed by atoms with Gasteiger partial charge in [-0.2, -0.15) is 0 Å². The minimum atomic E-state index is -1.86. The molecule has 1 fully saturated rings. The molecule has 3 atom stereocenters. The summed E-state index contributed by atoms with van der Waals surface area (Å²) in [7, 11) is 5.52. The zero-order valence-corrected chi connectivity index (χ0v) is 23.4. The van der Waals surface area contributed by atoms with Crippen LogP contribution < -0.4 is 21.3 Å². The van der Waals surface area contributed by atoms with Crippen LogP contribution in [0.4, 0.5) is 16.2 Å². The fourth-order valence-corrected chi connectivity index (χ4v) is 6.62. The molecule has 0 saturated heterocycles. The fourth-order valence-electron chi connectivity index (χ4n) is 6.62. The van der Waals surface area contributed by atoms with Crippen molar-refractivity contribution in [1.29, 1.82) is 0 Å². The minimum Gasteiger partial charge on any atom is -0.378 e. The average molecular weight is 515 g/mol. The first-order valence-corrected chi connectivity index (χ1v) is 13.4. The van der Waals surface area contributed by atoms with E-state index in [-0.39, 0.29) is 18.9 Å². The number of urea groups is 1. The van der Waals surface area contributed by atoms with Crippen molar-refractivity contribution in [3.8, 4) is 0 Å². The van der Waals surface area contributed by atoms with Gasteiger partial charge in [0.05, 0.1) is 18.2 Å². The number of aliphatic hydroxyl groups is 1. The number of ether oxygens (including phenoxy) is 1. The normalized spacial score (nSPS) is 27.2. The zero-order chi connectivity index (χ0) is 27.6. The molecule has 8 heteroatoms. The van der Waals surface area contributed by atoms with E-state index in [0.717, 1.165) is 44.2 Å². The van der Waals surface area contributed by atoms with Crippen LogP contribution in [-0.2, 0) is 9.53 Å². The number of nitrogens with two attached hydrogens (primary N) is 2. The number of ketones is 1. The van der Waals surface area contributed by atoms with Gasteiger partial charge in [0.15, 0.2) is 5.78 Å². The van der Waals surface area contributed by atoms with E-state index in [1.165, 1.54) is 0 Å². The topological polar surface area (TPSA) is 122 Å². The van der Waals surface area contributed by atoms with Gasteiger partial charge >= 0.3 is 6.03 Å². The fraction of sp³-hybridized carbons (Fsp3) is 0.655. The summed E-state index contributed by atoms with van der Waals surface area (Å²) >= 11 is 0. The molecule has 3 rings (SSSR count). The molecule has 3 unspecified atom stereocenters. The number of benzene rings is 1. The number of rotatable bonds is 7. The van der Waals surface area contributed by atoms with Gasteiger partial charge in [0.25, 0.3) is 0 Å². The number of nitrogens with zero attached hydrogens (tertiary/aromatic N) is 2. The van der Waals surface area contributed by atoms with Crippen molar-refractivity contribution in [2.24, 2.45) is 22.8 Å². The van der Waals surface area contributed by atoms with Gasteiger partial charge in [-0.1, -0.05) is 52.5 Å². The smallest absolute Gasteiger partial charge is 0.319 e. The number of Topliss-reactive ketones (excluding diaryl/α,β-unsaturated/α-hetero) is 1. The Morgan fingerprint density at radius 3 is 2.03 bits per heavy atom. The van der Waals surface area contributed by atoms with Crippen LogP contribution in [0.3, 0.4) is 0 Å². The maximum atomic E-state index is 13.4. The minimum absolute atomic E-state index is 0.0271. The first-order chi connectivity index (χ1) is 17.3. The highest BCUT2D eigenvalue weighted by atomic mass is 16.5. The molecule has 1 aromatic carbocycles. The molecule has 206 valence electrons. The molecular weight excluding hydrogens is 468 g/mol. The van der Waals surface area contributed by atoms with Crippen LogP contribution in [0, 0.1) is 11.3 Å². The lowest BCUT2D eigenvalue weighted by Gasteiger charge is -2.57. The van der Waals surface area contributed by atoms with E-state index < -0.39 is 34.5 Å². The van der Waals surface area contributed by atoms with Crippen molar-refractivity contribution < 1.29 is 19.4 Å². The maximum Gasteiger partial charge on any atom is 0.319 e. The standard InChI is InChI=1S/C29H46N4O4/c1-27(2,3)23-17-25(37-6)28(19-29(23,36)24(34)18-30,20-11-9-7-8-10-12-20)33(26(31)35)22-15-13-21(14-16-22)32(4)5/h13-17,20,25,36H,7-12,18-19,30H2,1-6H3,(H2,31,35). The van der Waals surface area contributed by atoms with E-state index in [2.05, 4.69) is 0 Å². The van der Waals surface area contributed by atoms with Crippen LogP contribution in [0.2, 0.25) is 0 Å². The van der Waals surface area contributed by atoms with Gasteiger partial charge in [0.2, 0.25) is 0 Å². The third-order valence-corrected chi connectivity index (χ3v) is 8.33. The predicted molar refractivity (Wildman–Crippen MR) is 149 cm³/mol. The molecular formula is C29H46N4O4. The highest BCUT2D eigenvalue weighted by molar-refractivity contribution is 5.96. The van der Waals surface area contributed by atoms with E-state index in [1.807, 2.05) is 70.1 Å². The van der Waals surface area contributed by atoms with Crippen LogP contribution in [0.1, 0.15) is 65.7 Å². The number of primary amides is 1. The first-order valence-electron chi connectivity index (χ1n) is 13.4. The molecule has 1 aromatic rings. The summed E-state index contributed by atoms with van der Waals surface area (Å²) in [5.41, 5.74) is 10.7. The van der Waals surface area contributed by atoms with Crippen molar-refractivity contribution in [2.75, 3.05) is 37.5 Å². The predicted octanol–water partition coefficient (Wildman–Crippen LogP) is 4.00. The quantitative estimate of drug-likeness (QED) is 0.373. The third kappa shape index (κ3) is 5.42. The summed E-state index contributed by atoms with van der Waals surface area (Å²) in [5.74, 6) is -0.510. The van der Waals surface area contributed by atoms with E-state index in [9.17, 15) is 14.7 Å². The molecule has 0 heterocycles. The second-order valence-electron chi connectivity index (χ2n) is 11.9. The molecule has 8 nitrogen and oxygen atoms in total. The summed E-state index contributed by atoms with van der Waals surface area (Å²) in [6.45, 7) is 5.58. The number of anilines is 2. The van der Waals surface area contributed by atoms with E-state index >= 15 is 0 Å². The highest BCUT2D eigenvalue weighted by Crippen LogP contribution is 2.53. The van der Waals surface area contributed by atoms with Crippen LogP contribution in [0.25, 0.3) is 0 Å². The Labute approximate surface area is 222 Å². The van der Waals surface area contributed by atoms with Gasteiger partial charge in [-0.25, -0.2) is 4.79 Å². The molecule has 0 radical (unpaired) electrons. The van der Waals surface area contributed by atoms with Gasteiger partial charge in [0.1, 0.15) is 5.60 Å². The Morgan fingerprint density at radius 2 is 1.59 bits per heavy atom. The number of methoxy groups -OCH3 is 1. The summed E-state index contributed by atoms with van der Waals surface area (Å²) in [5, 5.41) is 12.2. The van der Waals surface area contributed by atoms with Crippen LogP contribution in [0.15, 0.2) is 35.9 Å².